The third kappa shape index (κ3) is 41.6. The number of phosphoric ester groups is 1. The van der Waals surface area contributed by atoms with E-state index >= 15 is 0 Å². The molecule has 10 nitrogen and oxygen atoms in total. The number of aliphatic hydroxyl groups excluding tert-OH is 2. The second-order valence-corrected chi connectivity index (χ2v) is 16.2. The summed E-state index contributed by atoms with van der Waals surface area (Å²) in [6.07, 6.45) is 46.3. The third-order valence-corrected chi connectivity index (χ3v) is 10.2. The van der Waals surface area contributed by atoms with Crippen molar-refractivity contribution < 1.29 is 47.8 Å². The van der Waals surface area contributed by atoms with E-state index in [2.05, 4.69) is 42.7 Å². The van der Waals surface area contributed by atoms with Crippen LogP contribution in [0.2, 0.25) is 0 Å². The molecule has 0 saturated carbocycles. The van der Waals surface area contributed by atoms with Crippen LogP contribution in [-0.2, 0) is 32.7 Å². The quantitative estimate of drug-likeness (QED) is 0.0179. The van der Waals surface area contributed by atoms with Gasteiger partial charge in [-0.2, -0.15) is 0 Å². The number of aliphatic hydroxyl groups is 2. The van der Waals surface area contributed by atoms with E-state index in [1.165, 1.54) is 89.9 Å². The highest BCUT2D eigenvalue weighted by molar-refractivity contribution is 7.47. The maximum absolute atomic E-state index is 12.6. The van der Waals surface area contributed by atoms with Crippen LogP contribution in [0.3, 0.4) is 0 Å². The number of carbonyl (C=O) groups excluding carboxylic acids is 2. The molecule has 330 valence electrons. The minimum Gasteiger partial charge on any atom is -0.462 e. The standard InChI is InChI=1S/C46H81O10P/c1-3-5-7-9-11-13-15-17-18-19-20-21-22-23-24-26-27-29-31-33-35-37-45(49)53-41-44(42-55-57(51,52)54-40-43(48)39-47)56-46(50)38-36-34-32-30-28-25-16-14-12-10-8-6-4-2/h6,8,10,12,14,16,21-22,25,28,43-44,47-48H,3-5,7,9,11,13,15,17-20,23-24,26-27,29-42H2,1-2H3,(H,51,52)/b8-6+,12-10+,16-14+,22-21+,28-25+/t43-,44?/m1/s1. The van der Waals surface area contributed by atoms with E-state index in [4.69, 9.17) is 19.1 Å². The first-order chi connectivity index (χ1) is 27.7. The highest BCUT2D eigenvalue weighted by atomic mass is 31.2. The van der Waals surface area contributed by atoms with Crippen LogP contribution in [0.1, 0.15) is 181 Å². The lowest BCUT2D eigenvalue weighted by Crippen LogP contribution is -2.29. The summed E-state index contributed by atoms with van der Waals surface area (Å²) in [6, 6.07) is 0. The number of unbranched alkanes of at least 4 members (excludes halogenated alkanes) is 20. The number of esters is 2. The molecule has 0 aliphatic heterocycles. The van der Waals surface area contributed by atoms with Crippen LogP contribution in [0, 0.1) is 0 Å². The van der Waals surface area contributed by atoms with Gasteiger partial charge in [-0.25, -0.2) is 4.57 Å². The van der Waals surface area contributed by atoms with Crippen LogP contribution >= 0.6 is 7.82 Å². The van der Waals surface area contributed by atoms with Gasteiger partial charge in [0.15, 0.2) is 6.10 Å². The van der Waals surface area contributed by atoms with Crippen LogP contribution in [0.4, 0.5) is 0 Å². The van der Waals surface area contributed by atoms with Gasteiger partial charge in [-0.15, -0.1) is 0 Å². The van der Waals surface area contributed by atoms with Crippen LogP contribution in [0.5, 0.6) is 0 Å². The molecule has 0 heterocycles. The zero-order valence-electron chi connectivity index (χ0n) is 35.8. The molecule has 0 bridgehead atoms. The molecule has 0 saturated heterocycles. The fourth-order valence-corrected chi connectivity index (χ4v) is 6.61. The molecule has 0 aliphatic rings. The van der Waals surface area contributed by atoms with Crippen molar-refractivity contribution in [3.8, 4) is 0 Å². The Morgan fingerprint density at radius 3 is 1.53 bits per heavy atom. The Morgan fingerprint density at radius 2 is 0.982 bits per heavy atom. The fraction of sp³-hybridized carbons (Fsp3) is 0.739. The molecule has 0 fully saturated rings. The first-order valence-corrected chi connectivity index (χ1v) is 23.8. The van der Waals surface area contributed by atoms with E-state index in [9.17, 15) is 24.2 Å². The van der Waals surface area contributed by atoms with Gasteiger partial charge in [0.2, 0.25) is 0 Å². The van der Waals surface area contributed by atoms with E-state index in [0.717, 1.165) is 51.4 Å². The monoisotopic (exact) mass is 825 g/mol. The maximum atomic E-state index is 12.6. The summed E-state index contributed by atoms with van der Waals surface area (Å²) in [5, 5.41) is 18.3. The molecule has 0 spiro atoms. The SMILES string of the molecule is CC/C=C/C=C/C=C/C=C/CCCCCC(=O)OC(COC(=O)CCCCCCCCC/C=C/CCCCCCCCCCCC)COP(=O)(O)OC[C@H](O)CO. The molecule has 3 N–H and O–H groups in total. The molecule has 3 atom stereocenters. The molecule has 0 aromatic heterocycles. The van der Waals surface area contributed by atoms with E-state index in [1.807, 2.05) is 36.5 Å². The minimum atomic E-state index is -4.63. The van der Waals surface area contributed by atoms with Crippen molar-refractivity contribution in [2.75, 3.05) is 26.4 Å². The molecule has 0 radical (unpaired) electrons. The average molecular weight is 825 g/mol. The number of rotatable bonds is 41. The van der Waals surface area contributed by atoms with E-state index in [1.54, 1.807) is 0 Å². The average Bonchev–Trinajstić information content (AvgIpc) is 3.20. The minimum absolute atomic E-state index is 0.135. The molecular formula is C46H81O10P. The predicted molar refractivity (Wildman–Crippen MR) is 233 cm³/mol. The highest BCUT2D eigenvalue weighted by Crippen LogP contribution is 2.43. The third-order valence-electron chi connectivity index (χ3n) is 9.25. The Morgan fingerprint density at radius 1 is 0.544 bits per heavy atom. The van der Waals surface area contributed by atoms with Gasteiger partial charge in [0.05, 0.1) is 19.8 Å². The first-order valence-electron chi connectivity index (χ1n) is 22.3. The van der Waals surface area contributed by atoms with Gasteiger partial charge in [0.1, 0.15) is 12.7 Å². The summed E-state index contributed by atoms with van der Waals surface area (Å²) in [5.74, 6) is -0.978. The molecule has 57 heavy (non-hydrogen) atoms. The summed E-state index contributed by atoms with van der Waals surface area (Å²) in [5.41, 5.74) is 0. The number of hydrogen-bond donors (Lipinski definition) is 3. The second kappa shape index (κ2) is 41.8. The maximum Gasteiger partial charge on any atom is 0.472 e. The van der Waals surface area contributed by atoms with Crippen molar-refractivity contribution in [2.24, 2.45) is 0 Å². The van der Waals surface area contributed by atoms with Gasteiger partial charge in [-0.1, -0.05) is 171 Å². The fourth-order valence-electron chi connectivity index (χ4n) is 5.82. The molecular weight excluding hydrogens is 743 g/mol. The number of phosphoric acid groups is 1. The Hall–Kier alpha value is -2.33. The molecule has 2 unspecified atom stereocenters. The largest absolute Gasteiger partial charge is 0.472 e. The van der Waals surface area contributed by atoms with Gasteiger partial charge >= 0.3 is 19.8 Å². The van der Waals surface area contributed by atoms with Crippen molar-refractivity contribution in [1.82, 2.24) is 0 Å². The van der Waals surface area contributed by atoms with Crippen molar-refractivity contribution in [2.45, 2.75) is 193 Å². The lowest BCUT2D eigenvalue weighted by Gasteiger charge is -2.20. The van der Waals surface area contributed by atoms with Gasteiger partial charge in [0.25, 0.3) is 0 Å². The van der Waals surface area contributed by atoms with Crippen LogP contribution in [-0.4, -0.2) is 65.7 Å². The van der Waals surface area contributed by atoms with E-state index in [0.29, 0.717) is 12.8 Å². The van der Waals surface area contributed by atoms with Crippen molar-refractivity contribution >= 4 is 19.8 Å². The van der Waals surface area contributed by atoms with E-state index < -0.39 is 51.8 Å². The van der Waals surface area contributed by atoms with E-state index in [-0.39, 0.29) is 19.4 Å². The number of hydrogen-bond acceptors (Lipinski definition) is 9. The summed E-state index contributed by atoms with van der Waals surface area (Å²) >= 11 is 0. The van der Waals surface area contributed by atoms with Crippen LogP contribution in [0.25, 0.3) is 0 Å². The normalized spacial score (nSPS) is 14.4. The highest BCUT2D eigenvalue weighted by Gasteiger charge is 2.27. The summed E-state index contributed by atoms with van der Waals surface area (Å²) in [6.45, 7) is 2.18. The van der Waals surface area contributed by atoms with Crippen LogP contribution in [0.15, 0.2) is 60.8 Å². The van der Waals surface area contributed by atoms with Crippen LogP contribution < -0.4 is 0 Å². The zero-order chi connectivity index (χ0) is 41.9. The molecule has 0 aromatic rings. The smallest absolute Gasteiger partial charge is 0.462 e. The zero-order valence-corrected chi connectivity index (χ0v) is 36.7. The number of carbonyl (C=O) groups is 2. The van der Waals surface area contributed by atoms with Gasteiger partial charge in [-0.05, 0) is 57.8 Å². The number of ether oxygens (including phenoxy) is 2. The summed E-state index contributed by atoms with van der Waals surface area (Å²) in [7, 11) is -4.63. The Balaban J connectivity index is 4.27. The summed E-state index contributed by atoms with van der Waals surface area (Å²) < 4.78 is 32.7. The molecule has 0 aromatic carbocycles. The first kappa shape index (κ1) is 54.7. The number of allylic oxidation sites excluding steroid dienone is 10. The molecule has 0 aliphatic carbocycles. The van der Waals surface area contributed by atoms with Gasteiger partial charge in [-0.3, -0.25) is 18.6 Å². The van der Waals surface area contributed by atoms with Crippen molar-refractivity contribution in [1.29, 1.82) is 0 Å². The van der Waals surface area contributed by atoms with Gasteiger partial charge in [0, 0.05) is 12.8 Å². The van der Waals surface area contributed by atoms with Crippen molar-refractivity contribution in [3.05, 3.63) is 60.8 Å². The van der Waals surface area contributed by atoms with Crippen molar-refractivity contribution in [3.63, 3.8) is 0 Å². The summed E-state index contributed by atoms with van der Waals surface area (Å²) in [4.78, 5) is 35.0. The Bertz CT molecular complexity index is 1130. The van der Waals surface area contributed by atoms with Gasteiger partial charge < -0.3 is 24.6 Å². The lowest BCUT2D eigenvalue weighted by atomic mass is 10.1. The second-order valence-electron chi connectivity index (χ2n) is 14.8. The Labute approximate surface area is 346 Å². The molecule has 11 heteroatoms. The molecule has 0 amide bonds. The topological polar surface area (TPSA) is 149 Å². The predicted octanol–water partition coefficient (Wildman–Crippen LogP) is 11.9. The Kier molecular flexibility index (Phi) is 40.1. The lowest BCUT2D eigenvalue weighted by molar-refractivity contribution is -0.161. The molecule has 0 rings (SSSR count).